The summed E-state index contributed by atoms with van der Waals surface area (Å²) in [5, 5.41) is 11.0. The molecule has 5 nitrogen and oxygen atoms in total. The van der Waals surface area contributed by atoms with Crippen LogP contribution >= 0.6 is 31.9 Å². The van der Waals surface area contributed by atoms with E-state index in [0.29, 0.717) is 19.0 Å². The molecule has 7 rings (SSSR count). The summed E-state index contributed by atoms with van der Waals surface area (Å²) in [7, 11) is 0. The number of fused-ring (bicyclic) bond motifs is 2. The second-order valence-corrected chi connectivity index (χ2v) is 19.3. The zero-order valence-electron chi connectivity index (χ0n) is 40.1. The van der Waals surface area contributed by atoms with Crippen LogP contribution in [0.5, 0.6) is 5.75 Å². The van der Waals surface area contributed by atoms with Gasteiger partial charge in [-0.15, -0.1) is 12.3 Å². The third-order valence-electron chi connectivity index (χ3n) is 10.6. The number of hydrogen-bond donors (Lipinski definition) is 1. The molecule has 1 heterocycles. The summed E-state index contributed by atoms with van der Waals surface area (Å²) in [6, 6.07) is 28.3. The first kappa shape index (κ1) is 61.9. The minimum absolute atomic E-state index is 0. The van der Waals surface area contributed by atoms with Crippen molar-refractivity contribution in [1.82, 2.24) is 4.98 Å². The molecule has 5 aromatic rings. The van der Waals surface area contributed by atoms with E-state index >= 15 is 0 Å². The van der Waals surface area contributed by atoms with Crippen molar-refractivity contribution in [3.05, 3.63) is 170 Å². The predicted molar refractivity (Wildman–Crippen MR) is 277 cm³/mol. The van der Waals surface area contributed by atoms with Crippen LogP contribution in [0, 0.1) is 64.9 Å². The smallest absolute Gasteiger partial charge is 0 e. The van der Waals surface area contributed by atoms with Crippen LogP contribution in [0.4, 0.5) is 5.69 Å². The van der Waals surface area contributed by atoms with Gasteiger partial charge in [0.25, 0.3) is 0 Å². The number of benzene rings is 4. The molecular formula is C57H65Br2Mo3N2O3-3. The Kier molecular flexibility index (Phi) is 31.6. The summed E-state index contributed by atoms with van der Waals surface area (Å²) >= 11 is 6.86. The maximum atomic E-state index is 11.0. The van der Waals surface area contributed by atoms with Crippen molar-refractivity contribution in [2.24, 2.45) is 3.50 Å². The quantitative estimate of drug-likeness (QED) is 0.0525. The van der Waals surface area contributed by atoms with Crippen LogP contribution in [0.1, 0.15) is 103 Å². The van der Waals surface area contributed by atoms with Gasteiger partial charge in [0.15, 0.2) is 0 Å². The number of allylic oxidation sites excluding steroid dienone is 1. The first-order valence-corrected chi connectivity index (χ1v) is 25.7. The standard InChI is InChI=1S/C21H22Br2O.C10H12.C7H6N.C7H9O.C6H8N.C6H8O.3Mo/c1-12-17(22)10-13-6-2-4-8-15(13)19(12)20-16-9-5-3-7-14(16)11-18(23)21(20)24;1-10(2,3)9-7-5-4-6-8-9;1-6-4-2-3-5-7(6)8;1-3-5-7-8-6-4-2;1-5-3-4-6(2)7-5;1-3-5-6-7-4-2;;;/h10-11,24H,2-9H2,1H3;1,4-8H,2-3H3;2-4H,1H3;2,5,7H,1,3,6H2;3-4H,1-2H3;4H,2,6H2,1H3;;;/q;;3*-1;;;;/b;;;7-5-;;;;;. The SMILES string of the molecule is C#CCO/C=C\C[CH2-].C=COCC#CC.Cc1c(Br)cc2c(c1-c1c(O)c(Br)cc3c1CCCC3)CCCC2.Cc1ccc(C)[n-]1.Cc1ccc[c-]c1[N]=[Mo]=[CH]C(C)(C)c1ccccc1.[Mo].[Mo]. The fourth-order valence-electron chi connectivity index (χ4n) is 7.20. The molecule has 1 aromatic heterocycles. The van der Waals surface area contributed by atoms with Crippen molar-refractivity contribution < 1.29 is 74.6 Å². The molecule has 67 heavy (non-hydrogen) atoms. The Balaban J connectivity index is 0.000000462. The zero-order valence-corrected chi connectivity index (χ0v) is 49.3. The Morgan fingerprint density at radius 1 is 0.866 bits per heavy atom. The number of aryl methyl sites for hydroxylation is 5. The molecule has 0 atom stereocenters. The van der Waals surface area contributed by atoms with E-state index in [0.717, 1.165) is 59.2 Å². The normalized spacial score (nSPS) is 11.7. The molecule has 4 aromatic carbocycles. The summed E-state index contributed by atoms with van der Waals surface area (Å²) in [4.78, 5) is 4.11. The van der Waals surface area contributed by atoms with Gasteiger partial charge in [-0.05, 0) is 127 Å². The Hall–Kier alpha value is -3.15. The molecule has 10 heteroatoms. The first-order chi connectivity index (χ1) is 31.3. The number of aromatic hydroxyl groups is 1. The van der Waals surface area contributed by atoms with Crippen molar-refractivity contribution in [3.63, 3.8) is 0 Å². The molecule has 2 aliphatic rings. The molecule has 0 aliphatic heterocycles. The van der Waals surface area contributed by atoms with Gasteiger partial charge in [-0.3, -0.25) is 0 Å². The van der Waals surface area contributed by atoms with E-state index in [-0.39, 0.29) is 47.5 Å². The molecule has 1 N–H and O–H groups in total. The molecule has 2 aliphatic carbocycles. The largest absolute Gasteiger partial charge is 0 e. The van der Waals surface area contributed by atoms with Gasteiger partial charge in [0.2, 0.25) is 0 Å². The van der Waals surface area contributed by atoms with Gasteiger partial charge in [-0.25, -0.2) is 0 Å². The van der Waals surface area contributed by atoms with Crippen LogP contribution < -0.4 is 4.98 Å². The Bertz CT molecular complexity index is 2400. The number of phenols is 1. The third kappa shape index (κ3) is 21.2. The topological polar surface area (TPSA) is 65.2 Å². The molecule has 0 amide bonds. The third-order valence-corrected chi connectivity index (χ3v) is 14.5. The van der Waals surface area contributed by atoms with Gasteiger partial charge in [-0.1, -0.05) is 66.4 Å². The number of aromatic nitrogens is 1. The van der Waals surface area contributed by atoms with E-state index in [1.807, 2.05) is 38.1 Å². The maximum absolute atomic E-state index is 11.0. The molecule has 0 fully saturated rings. The second kappa shape index (κ2) is 34.2. The minimum atomic E-state index is -0.504. The average molecular weight is 1270 g/mol. The average Bonchev–Trinajstić information content (AvgIpc) is 3.70. The Labute approximate surface area is 456 Å². The maximum Gasteiger partial charge on any atom is 0 e. The van der Waals surface area contributed by atoms with E-state index in [9.17, 15) is 5.11 Å². The van der Waals surface area contributed by atoms with Gasteiger partial charge < -0.3 is 26.5 Å². The predicted octanol–water partition coefficient (Wildman–Crippen LogP) is 14.9. The summed E-state index contributed by atoms with van der Waals surface area (Å²) < 4.78 is 18.6. The van der Waals surface area contributed by atoms with Crippen molar-refractivity contribution >= 4 is 41.9 Å². The van der Waals surface area contributed by atoms with E-state index in [2.05, 4.69) is 160 Å². The van der Waals surface area contributed by atoms with Gasteiger partial charge in [0.1, 0.15) is 19.0 Å². The number of nitrogens with zero attached hydrogens (tertiary/aromatic N) is 2. The first-order valence-electron chi connectivity index (χ1n) is 22.1. The van der Waals surface area contributed by atoms with Crippen LogP contribution in [0.25, 0.3) is 11.1 Å². The van der Waals surface area contributed by atoms with Crippen LogP contribution in [0.2, 0.25) is 0 Å². The number of ether oxygens (including phenoxy) is 2. The number of terminal acetylenes is 1. The number of hydrogen-bond acceptors (Lipinski definition) is 4. The molecule has 0 bridgehead atoms. The summed E-state index contributed by atoms with van der Waals surface area (Å²) in [6.45, 7) is 22.2. The monoisotopic (exact) mass is 1280 g/mol. The molecular weight excluding hydrogens is 1210 g/mol. The molecule has 0 saturated heterocycles. The van der Waals surface area contributed by atoms with Crippen LogP contribution in [0.15, 0.2) is 110 Å². The molecule has 0 radical (unpaired) electrons. The molecule has 0 spiro atoms. The van der Waals surface area contributed by atoms with Crippen molar-refractivity contribution in [2.45, 2.75) is 112 Å². The van der Waals surface area contributed by atoms with Gasteiger partial charge in [0, 0.05) is 52.2 Å². The van der Waals surface area contributed by atoms with Gasteiger partial charge in [0.05, 0.1) is 17.0 Å². The minimum Gasteiger partial charge on any atom is 0 e. The van der Waals surface area contributed by atoms with Crippen LogP contribution in [-0.2, 0) is 101 Å². The number of phenolic OH excluding ortho intramolecular Hbond substituents is 1. The fraction of sp³-hybridized carbons (Fsp3) is 0.333. The van der Waals surface area contributed by atoms with E-state index in [4.69, 9.17) is 14.7 Å². The van der Waals surface area contributed by atoms with Gasteiger partial charge >= 0.3 is 123 Å². The van der Waals surface area contributed by atoms with Gasteiger partial charge in [-0.2, -0.15) is 17.8 Å². The Morgan fingerprint density at radius 3 is 2.00 bits per heavy atom. The van der Waals surface area contributed by atoms with E-state index < -0.39 is 17.9 Å². The summed E-state index contributed by atoms with van der Waals surface area (Å²) in [6.07, 6.45) is 19.8. The van der Waals surface area contributed by atoms with Crippen molar-refractivity contribution in [2.75, 3.05) is 13.2 Å². The molecule has 0 unspecified atom stereocenters. The van der Waals surface area contributed by atoms with Crippen molar-refractivity contribution in [1.29, 1.82) is 0 Å². The van der Waals surface area contributed by atoms with E-state index in [1.54, 1.807) is 19.3 Å². The molecule has 356 valence electrons. The Morgan fingerprint density at radius 2 is 1.46 bits per heavy atom. The van der Waals surface area contributed by atoms with Crippen LogP contribution in [0.3, 0.4) is 0 Å². The zero-order chi connectivity index (χ0) is 47.6. The number of halogens is 2. The van der Waals surface area contributed by atoms with E-state index in [1.165, 1.54) is 80.9 Å². The molecule has 0 saturated carbocycles. The summed E-state index contributed by atoms with van der Waals surface area (Å²) in [5.41, 5.74) is 15.2. The second-order valence-electron chi connectivity index (χ2n) is 16.0. The van der Waals surface area contributed by atoms with Crippen molar-refractivity contribution in [3.8, 4) is 41.1 Å². The van der Waals surface area contributed by atoms with Crippen LogP contribution in [-0.4, -0.2) is 22.7 Å². The number of rotatable bonds is 9. The summed E-state index contributed by atoms with van der Waals surface area (Å²) in [5.74, 6) is 8.14. The fourth-order valence-corrected chi connectivity index (χ4v) is 10.0.